The summed E-state index contributed by atoms with van der Waals surface area (Å²) in [5.41, 5.74) is 1.53. The first-order chi connectivity index (χ1) is 16.5. The van der Waals surface area contributed by atoms with Gasteiger partial charge in [0.15, 0.2) is 11.5 Å². The van der Waals surface area contributed by atoms with Gasteiger partial charge in [0.2, 0.25) is 0 Å². The lowest BCUT2D eigenvalue weighted by atomic mass is 10.2. The molecular formula is C25H31N5O4. The Balaban J connectivity index is 1.42. The lowest BCUT2D eigenvalue weighted by Gasteiger charge is -2.35. The van der Waals surface area contributed by atoms with Gasteiger partial charge in [-0.3, -0.25) is 0 Å². The molecule has 4 rings (SSSR count). The molecule has 1 saturated heterocycles. The standard InChI is InChI=1S/C25H31N5O4/c1-5-33-23-14-20-21(15-22(23)32-4)26-16-27-24(20)29-10-12-30(13-11-29)25(31)28-18-6-8-19(9-7-18)34-17(2)3/h6-9,14-17H,5,10-13H2,1-4H3,(H,28,31). The number of aromatic nitrogens is 2. The first-order valence-corrected chi connectivity index (χ1v) is 11.5. The first kappa shape index (κ1) is 23.4. The third-order valence-electron chi connectivity index (χ3n) is 5.54. The van der Waals surface area contributed by atoms with Crippen LogP contribution in [0.3, 0.4) is 0 Å². The summed E-state index contributed by atoms with van der Waals surface area (Å²) in [5.74, 6) is 2.92. The number of carbonyl (C=O) groups is 1. The summed E-state index contributed by atoms with van der Waals surface area (Å²) < 4.78 is 16.8. The number of amides is 2. The molecule has 34 heavy (non-hydrogen) atoms. The summed E-state index contributed by atoms with van der Waals surface area (Å²) in [4.78, 5) is 25.7. The number of ether oxygens (including phenoxy) is 3. The summed E-state index contributed by atoms with van der Waals surface area (Å²) in [6, 6.07) is 11.1. The normalized spacial score (nSPS) is 13.8. The van der Waals surface area contributed by atoms with Crippen LogP contribution in [0, 0.1) is 0 Å². The number of urea groups is 1. The van der Waals surface area contributed by atoms with Crippen LogP contribution in [0.4, 0.5) is 16.3 Å². The number of hydrogen-bond donors (Lipinski definition) is 1. The highest BCUT2D eigenvalue weighted by Gasteiger charge is 2.24. The van der Waals surface area contributed by atoms with Gasteiger partial charge in [-0.25, -0.2) is 14.8 Å². The number of benzene rings is 2. The maximum absolute atomic E-state index is 12.8. The fourth-order valence-electron chi connectivity index (χ4n) is 3.94. The van der Waals surface area contributed by atoms with Crippen LogP contribution in [0.5, 0.6) is 17.2 Å². The third kappa shape index (κ3) is 5.24. The van der Waals surface area contributed by atoms with E-state index in [0.29, 0.717) is 44.3 Å². The highest BCUT2D eigenvalue weighted by Crippen LogP contribution is 2.35. The van der Waals surface area contributed by atoms with Crippen LogP contribution in [-0.2, 0) is 0 Å². The molecule has 2 amide bonds. The van der Waals surface area contributed by atoms with Crippen molar-refractivity contribution < 1.29 is 19.0 Å². The molecule has 1 aromatic heterocycles. The molecule has 2 heterocycles. The zero-order valence-electron chi connectivity index (χ0n) is 20.1. The first-order valence-electron chi connectivity index (χ1n) is 11.5. The molecular weight excluding hydrogens is 434 g/mol. The van der Waals surface area contributed by atoms with Crippen LogP contribution < -0.4 is 24.4 Å². The molecule has 1 aliphatic rings. The topological polar surface area (TPSA) is 89.1 Å². The second-order valence-corrected chi connectivity index (χ2v) is 8.25. The second kappa shape index (κ2) is 10.5. The fraction of sp³-hybridized carbons (Fsp3) is 0.400. The summed E-state index contributed by atoms with van der Waals surface area (Å²) in [5, 5.41) is 3.86. The van der Waals surface area contributed by atoms with Gasteiger partial charge in [0.1, 0.15) is 17.9 Å². The molecule has 180 valence electrons. The minimum atomic E-state index is -0.118. The number of piperazine rings is 1. The van der Waals surface area contributed by atoms with Crippen molar-refractivity contribution in [3.63, 3.8) is 0 Å². The molecule has 1 fully saturated rings. The van der Waals surface area contributed by atoms with E-state index >= 15 is 0 Å². The van der Waals surface area contributed by atoms with Crippen LogP contribution in [0.15, 0.2) is 42.7 Å². The predicted octanol–water partition coefficient (Wildman–Crippen LogP) is 4.18. The van der Waals surface area contributed by atoms with Crippen molar-refractivity contribution in [3.05, 3.63) is 42.7 Å². The van der Waals surface area contributed by atoms with Crippen molar-refractivity contribution in [2.24, 2.45) is 0 Å². The van der Waals surface area contributed by atoms with E-state index < -0.39 is 0 Å². The van der Waals surface area contributed by atoms with Gasteiger partial charge in [-0.2, -0.15) is 0 Å². The number of anilines is 2. The van der Waals surface area contributed by atoms with Gasteiger partial charge in [-0.15, -0.1) is 0 Å². The largest absolute Gasteiger partial charge is 0.493 e. The van der Waals surface area contributed by atoms with Gasteiger partial charge in [0, 0.05) is 43.3 Å². The van der Waals surface area contributed by atoms with E-state index in [1.807, 2.05) is 62.1 Å². The van der Waals surface area contributed by atoms with Crippen molar-refractivity contribution in [1.29, 1.82) is 0 Å². The summed E-state index contributed by atoms with van der Waals surface area (Å²) >= 11 is 0. The van der Waals surface area contributed by atoms with Crippen LogP contribution in [0.1, 0.15) is 20.8 Å². The number of hydrogen-bond acceptors (Lipinski definition) is 7. The SMILES string of the molecule is CCOc1cc2c(N3CCN(C(=O)Nc4ccc(OC(C)C)cc4)CC3)ncnc2cc1OC. The van der Waals surface area contributed by atoms with E-state index in [1.54, 1.807) is 13.4 Å². The molecule has 0 spiro atoms. The summed E-state index contributed by atoms with van der Waals surface area (Å²) in [6.45, 7) is 8.92. The average Bonchev–Trinajstić information content (AvgIpc) is 2.84. The van der Waals surface area contributed by atoms with E-state index in [4.69, 9.17) is 14.2 Å². The Morgan fingerprint density at radius 3 is 2.44 bits per heavy atom. The molecule has 1 aliphatic heterocycles. The van der Waals surface area contributed by atoms with Gasteiger partial charge in [0.05, 0.1) is 25.3 Å². The van der Waals surface area contributed by atoms with Crippen LogP contribution in [-0.4, -0.2) is 66.9 Å². The van der Waals surface area contributed by atoms with Gasteiger partial charge in [-0.05, 0) is 51.1 Å². The maximum Gasteiger partial charge on any atom is 0.321 e. The fourth-order valence-corrected chi connectivity index (χ4v) is 3.94. The summed E-state index contributed by atoms with van der Waals surface area (Å²) in [6.07, 6.45) is 1.67. The summed E-state index contributed by atoms with van der Waals surface area (Å²) in [7, 11) is 1.61. The van der Waals surface area contributed by atoms with Crippen molar-refractivity contribution in [2.75, 3.05) is 50.1 Å². The zero-order valence-corrected chi connectivity index (χ0v) is 20.1. The zero-order chi connectivity index (χ0) is 24.1. The van der Waals surface area contributed by atoms with Gasteiger partial charge in [0.25, 0.3) is 0 Å². The number of nitrogens with zero attached hydrogens (tertiary/aromatic N) is 4. The van der Waals surface area contributed by atoms with Crippen molar-refractivity contribution in [2.45, 2.75) is 26.9 Å². The van der Waals surface area contributed by atoms with Crippen molar-refractivity contribution in [3.8, 4) is 17.2 Å². The van der Waals surface area contributed by atoms with Crippen molar-refractivity contribution in [1.82, 2.24) is 14.9 Å². The Morgan fingerprint density at radius 2 is 1.79 bits per heavy atom. The molecule has 0 atom stereocenters. The van der Waals surface area contributed by atoms with E-state index in [0.717, 1.165) is 28.2 Å². The second-order valence-electron chi connectivity index (χ2n) is 8.25. The van der Waals surface area contributed by atoms with Crippen LogP contribution >= 0.6 is 0 Å². The Bertz CT molecular complexity index is 1130. The van der Waals surface area contributed by atoms with E-state index in [9.17, 15) is 4.79 Å². The Labute approximate surface area is 199 Å². The Morgan fingerprint density at radius 1 is 1.06 bits per heavy atom. The number of carbonyl (C=O) groups excluding carboxylic acids is 1. The lowest BCUT2D eigenvalue weighted by Crippen LogP contribution is -2.50. The lowest BCUT2D eigenvalue weighted by molar-refractivity contribution is 0.208. The van der Waals surface area contributed by atoms with Gasteiger partial charge >= 0.3 is 6.03 Å². The third-order valence-corrected chi connectivity index (χ3v) is 5.54. The van der Waals surface area contributed by atoms with Crippen molar-refractivity contribution >= 4 is 28.4 Å². The molecule has 0 bridgehead atoms. The number of fused-ring (bicyclic) bond motifs is 1. The highest BCUT2D eigenvalue weighted by atomic mass is 16.5. The average molecular weight is 466 g/mol. The molecule has 0 radical (unpaired) electrons. The van der Waals surface area contributed by atoms with E-state index in [2.05, 4.69) is 20.2 Å². The number of rotatable bonds is 7. The monoisotopic (exact) mass is 465 g/mol. The molecule has 3 aromatic rings. The predicted molar refractivity (Wildman–Crippen MR) is 132 cm³/mol. The van der Waals surface area contributed by atoms with Crippen LogP contribution in [0.2, 0.25) is 0 Å². The Hall–Kier alpha value is -3.75. The number of methoxy groups -OCH3 is 1. The van der Waals surface area contributed by atoms with E-state index in [-0.39, 0.29) is 12.1 Å². The molecule has 0 unspecified atom stereocenters. The minimum absolute atomic E-state index is 0.108. The van der Waals surface area contributed by atoms with E-state index in [1.165, 1.54) is 0 Å². The quantitative estimate of drug-likeness (QED) is 0.560. The van der Waals surface area contributed by atoms with Gasteiger partial charge in [-0.1, -0.05) is 0 Å². The smallest absolute Gasteiger partial charge is 0.321 e. The Kier molecular flexibility index (Phi) is 7.20. The molecule has 9 heteroatoms. The molecule has 0 aliphatic carbocycles. The molecule has 9 nitrogen and oxygen atoms in total. The maximum atomic E-state index is 12.8. The highest BCUT2D eigenvalue weighted by molar-refractivity contribution is 5.92. The molecule has 1 N–H and O–H groups in total. The van der Waals surface area contributed by atoms with Crippen LogP contribution in [0.25, 0.3) is 10.9 Å². The number of nitrogens with one attached hydrogen (secondary N) is 1. The minimum Gasteiger partial charge on any atom is -0.493 e. The van der Waals surface area contributed by atoms with Gasteiger partial charge < -0.3 is 29.3 Å². The molecule has 0 saturated carbocycles. The molecule has 2 aromatic carbocycles.